The van der Waals surface area contributed by atoms with Gasteiger partial charge in [-0.15, -0.1) is 0 Å². The number of nitro benzene ring substituents is 1. The van der Waals surface area contributed by atoms with Crippen LogP contribution in [0.15, 0.2) is 47.4 Å². The summed E-state index contributed by atoms with van der Waals surface area (Å²) >= 11 is 0. The normalized spacial score (nSPS) is 11.1. The van der Waals surface area contributed by atoms with Crippen LogP contribution >= 0.6 is 0 Å². The van der Waals surface area contributed by atoms with E-state index in [-0.39, 0.29) is 28.3 Å². The average Bonchev–Trinajstić information content (AvgIpc) is 2.68. The van der Waals surface area contributed by atoms with Gasteiger partial charge < -0.3 is 15.6 Å². The van der Waals surface area contributed by atoms with E-state index >= 15 is 0 Å². The van der Waals surface area contributed by atoms with Crippen molar-refractivity contribution in [1.82, 2.24) is 14.5 Å². The molecule has 4 aromatic rings. The van der Waals surface area contributed by atoms with Crippen LogP contribution in [0.1, 0.15) is 0 Å². The van der Waals surface area contributed by atoms with Crippen LogP contribution in [0.3, 0.4) is 0 Å². The van der Waals surface area contributed by atoms with Gasteiger partial charge in [0.15, 0.2) is 0 Å². The first-order chi connectivity index (χ1) is 13.3. The molecule has 0 fully saturated rings. The summed E-state index contributed by atoms with van der Waals surface area (Å²) < 4.78 is 14.7. The van der Waals surface area contributed by atoms with Gasteiger partial charge in [0.25, 0.3) is 11.2 Å². The van der Waals surface area contributed by atoms with E-state index in [1.807, 2.05) is 0 Å². The van der Waals surface area contributed by atoms with Crippen molar-refractivity contribution >= 4 is 44.8 Å². The molecular weight excluding hydrogens is 367 g/mol. The van der Waals surface area contributed by atoms with E-state index in [2.05, 4.69) is 15.3 Å². The second-order valence-corrected chi connectivity index (χ2v) is 6.14. The third kappa shape index (κ3) is 2.76. The fraction of sp³-hybridized carbons (Fsp3) is 0.0556. The van der Waals surface area contributed by atoms with Crippen LogP contribution in [0.2, 0.25) is 0 Å². The van der Waals surface area contributed by atoms with Gasteiger partial charge in [-0.25, -0.2) is 14.4 Å². The molecule has 9 nitrogen and oxygen atoms in total. The number of non-ortho nitro benzene ring substituents is 1. The van der Waals surface area contributed by atoms with Crippen LogP contribution in [0.25, 0.3) is 21.8 Å². The predicted molar refractivity (Wildman–Crippen MR) is 103 cm³/mol. The monoisotopic (exact) mass is 380 g/mol. The van der Waals surface area contributed by atoms with Gasteiger partial charge in [0.05, 0.1) is 27.7 Å². The Kier molecular flexibility index (Phi) is 3.88. The van der Waals surface area contributed by atoms with E-state index in [1.165, 1.54) is 47.2 Å². The number of anilines is 3. The van der Waals surface area contributed by atoms with Gasteiger partial charge >= 0.3 is 0 Å². The number of fused-ring (bicyclic) bond motifs is 3. The summed E-state index contributed by atoms with van der Waals surface area (Å²) in [5.74, 6) is -0.329. The van der Waals surface area contributed by atoms with Crippen molar-refractivity contribution in [3.8, 4) is 0 Å². The number of pyridine rings is 1. The van der Waals surface area contributed by atoms with E-state index < -0.39 is 10.7 Å². The first-order valence-electron chi connectivity index (χ1n) is 8.11. The van der Waals surface area contributed by atoms with Gasteiger partial charge in [0.2, 0.25) is 5.95 Å². The number of rotatable bonds is 3. The Morgan fingerprint density at radius 2 is 2.00 bits per heavy atom. The van der Waals surface area contributed by atoms with Gasteiger partial charge in [0.1, 0.15) is 11.3 Å². The lowest BCUT2D eigenvalue weighted by Gasteiger charge is -2.11. The number of nitrogens with two attached hydrogens (primary N) is 1. The molecule has 0 radical (unpaired) electrons. The Bertz CT molecular complexity index is 1330. The SMILES string of the molecule is Cn1c(=O)c2cc([N+](=O)[O-])ccc2c2nc(Nc3ccc(F)c(N)c3)ncc21. The second kappa shape index (κ2) is 6.27. The van der Waals surface area contributed by atoms with Crippen molar-refractivity contribution in [1.29, 1.82) is 0 Å². The number of hydrogen-bond acceptors (Lipinski definition) is 7. The first kappa shape index (κ1) is 17.3. The van der Waals surface area contributed by atoms with E-state index in [4.69, 9.17) is 5.73 Å². The van der Waals surface area contributed by atoms with Crippen LogP contribution in [0.5, 0.6) is 0 Å². The number of aromatic nitrogens is 3. The summed E-state index contributed by atoms with van der Waals surface area (Å²) in [6.07, 6.45) is 1.47. The highest BCUT2D eigenvalue weighted by molar-refractivity contribution is 6.04. The smallest absolute Gasteiger partial charge is 0.270 e. The quantitative estimate of drug-likeness (QED) is 0.242. The van der Waals surface area contributed by atoms with Crippen LogP contribution in [0, 0.1) is 15.9 Å². The zero-order valence-electron chi connectivity index (χ0n) is 14.5. The van der Waals surface area contributed by atoms with Crippen LogP contribution in [-0.2, 0) is 7.05 Å². The first-order valence-corrected chi connectivity index (χ1v) is 8.11. The Balaban J connectivity index is 1.91. The van der Waals surface area contributed by atoms with Crippen molar-refractivity contribution in [2.24, 2.45) is 7.05 Å². The van der Waals surface area contributed by atoms with E-state index in [9.17, 15) is 19.3 Å². The lowest BCUT2D eigenvalue weighted by Crippen LogP contribution is -2.18. The number of aryl methyl sites for hydroxylation is 1. The molecule has 2 heterocycles. The molecule has 10 heteroatoms. The molecule has 4 rings (SSSR count). The number of nitrogens with one attached hydrogen (secondary N) is 1. The second-order valence-electron chi connectivity index (χ2n) is 6.14. The van der Waals surface area contributed by atoms with E-state index in [0.29, 0.717) is 22.1 Å². The zero-order valence-corrected chi connectivity index (χ0v) is 14.5. The highest BCUT2D eigenvalue weighted by atomic mass is 19.1. The highest BCUT2D eigenvalue weighted by Gasteiger charge is 2.15. The average molecular weight is 380 g/mol. The predicted octanol–water partition coefficient (Wildman–Crippen LogP) is 2.85. The van der Waals surface area contributed by atoms with Crippen molar-refractivity contribution in [3.05, 3.63) is 68.9 Å². The molecule has 0 atom stereocenters. The summed E-state index contributed by atoms with van der Waals surface area (Å²) in [4.78, 5) is 31.7. The van der Waals surface area contributed by atoms with E-state index in [0.717, 1.165) is 0 Å². The number of hydrogen-bond donors (Lipinski definition) is 2. The Hall–Kier alpha value is -4.08. The fourth-order valence-electron chi connectivity index (χ4n) is 2.95. The largest absolute Gasteiger partial charge is 0.396 e. The topological polar surface area (TPSA) is 129 Å². The highest BCUT2D eigenvalue weighted by Crippen LogP contribution is 2.26. The maximum absolute atomic E-state index is 13.3. The maximum atomic E-state index is 13.3. The maximum Gasteiger partial charge on any atom is 0.270 e. The molecule has 3 N–H and O–H groups in total. The lowest BCUT2D eigenvalue weighted by molar-refractivity contribution is -0.384. The minimum atomic E-state index is -0.561. The van der Waals surface area contributed by atoms with Crippen molar-refractivity contribution < 1.29 is 9.31 Å². The van der Waals surface area contributed by atoms with Gasteiger partial charge in [-0.05, 0) is 24.3 Å². The standard InChI is InChI=1S/C18H13FN6O3/c1-24-15-8-21-18(22-9-2-5-13(19)14(20)6-9)23-16(15)11-4-3-10(25(27)28)7-12(11)17(24)26/h2-8H,20H2,1H3,(H,21,22,23). The fourth-order valence-corrected chi connectivity index (χ4v) is 2.95. The minimum Gasteiger partial charge on any atom is -0.396 e. The summed E-state index contributed by atoms with van der Waals surface area (Å²) in [5, 5.41) is 14.6. The van der Waals surface area contributed by atoms with Crippen molar-refractivity contribution in [2.45, 2.75) is 0 Å². The Morgan fingerprint density at radius 1 is 1.21 bits per heavy atom. The summed E-state index contributed by atoms with van der Waals surface area (Å²) in [7, 11) is 1.54. The zero-order chi connectivity index (χ0) is 20.0. The lowest BCUT2D eigenvalue weighted by atomic mass is 10.1. The summed E-state index contributed by atoms with van der Waals surface area (Å²) in [6.45, 7) is 0. The van der Waals surface area contributed by atoms with Gasteiger partial charge in [-0.3, -0.25) is 14.9 Å². The molecule has 140 valence electrons. The van der Waals surface area contributed by atoms with Crippen molar-refractivity contribution in [2.75, 3.05) is 11.1 Å². The summed E-state index contributed by atoms with van der Waals surface area (Å²) in [6, 6.07) is 8.15. The number of halogens is 1. The molecule has 0 spiro atoms. The van der Waals surface area contributed by atoms with Gasteiger partial charge in [0, 0.05) is 30.3 Å². The number of nitrogens with zero attached hydrogens (tertiary/aromatic N) is 4. The molecule has 0 aliphatic rings. The molecular formula is C18H13FN6O3. The van der Waals surface area contributed by atoms with Crippen LogP contribution < -0.4 is 16.6 Å². The molecule has 0 amide bonds. The Labute approximate surface area is 156 Å². The third-order valence-electron chi connectivity index (χ3n) is 4.39. The number of nitrogen functional groups attached to an aromatic ring is 1. The van der Waals surface area contributed by atoms with Crippen LogP contribution in [-0.4, -0.2) is 19.5 Å². The molecule has 2 aromatic heterocycles. The molecule has 2 aromatic carbocycles. The van der Waals surface area contributed by atoms with E-state index in [1.54, 1.807) is 7.05 Å². The Morgan fingerprint density at radius 3 is 2.71 bits per heavy atom. The molecule has 0 aliphatic carbocycles. The number of nitro groups is 1. The minimum absolute atomic E-state index is 0.0223. The van der Waals surface area contributed by atoms with Gasteiger partial charge in [-0.1, -0.05) is 0 Å². The summed E-state index contributed by atoms with van der Waals surface area (Å²) in [5.41, 5.74) is 6.37. The molecule has 0 unspecified atom stereocenters. The molecule has 28 heavy (non-hydrogen) atoms. The number of benzene rings is 2. The molecule has 0 saturated carbocycles. The van der Waals surface area contributed by atoms with Crippen LogP contribution in [0.4, 0.5) is 27.4 Å². The molecule has 0 aliphatic heterocycles. The third-order valence-corrected chi connectivity index (χ3v) is 4.39. The van der Waals surface area contributed by atoms with Gasteiger partial charge in [-0.2, -0.15) is 0 Å². The molecule has 0 bridgehead atoms. The van der Waals surface area contributed by atoms with Crippen molar-refractivity contribution in [3.63, 3.8) is 0 Å². The molecule has 0 saturated heterocycles.